The summed E-state index contributed by atoms with van der Waals surface area (Å²) in [7, 11) is 0. The molecule has 4 aliphatic rings. The van der Waals surface area contributed by atoms with Gasteiger partial charge in [-0.05, 0) is 230 Å². The zero-order valence-electron chi connectivity index (χ0n) is 53.2. The van der Waals surface area contributed by atoms with Crippen LogP contribution in [0.4, 0.5) is 35.1 Å². The fraction of sp³-hybridized carbons (Fsp3) is 0.420. The van der Waals surface area contributed by atoms with Gasteiger partial charge in [0.1, 0.15) is 11.6 Å². The minimum Gasteiger partial charge on any atom is -0.261 e. The van der Waals surface area contributed by atoms with Crippen molar-refractivity contribution >= 4 is 0 Å². The average Bonchev–Trinajstić information content (AvgIpc) is 1.23. The van der Waals surface area contributed by atoms with Crippen LogP contribution in [0.2, 0.25) is 0 Å². The van der Waals surface area contributed by atoms with Crippen molar-refractivity contribution in [2.24, 2.45) is 34.5 Å². The van der Waals surface area contributed by atoms with Gasteiger partial charge in [0, 0.05) is 39.1 Å². The smallest absolute Gasteiger partial charge is 0.162 e. The second-order valence-electron chi connectivity index (χ2n) is 28.3. The normalized spacial score (nSPS) is 19.4. The summed E-state index contributed by atoms with van der Waals surface area (Å²) in [5.74, 6) is -8.12. The van der Waals surface area contributed by atoms with Crippen molar-refractivity contribution in [3.63, 3.8) is 0 Å². The molecule has 7 aromatic carbocycles. The van der Waals surface area contributed by atoms with Gasteiger partial charge in [-0.15, -0.1) is 0 Å². The second-order valence-corrected chi connectivity index (χ2v) is 28.3. The zero-order chi connectivity index (χ0) is 63.5. The Morgan fingerprint density at radius 3 is 1.69 bits per heavy atom. The Balaban J connectivity index is 1.26. The number of benzene rings is 7. The third kappa shape index (κ3) is 10.3. The Morgan fingerprint density at radius 1 is 0.522 bits per heavy atom. The van der Waals surface area contributed by atoms with Gasteiger partial charge in [-0.25, -0.2) is 35.1 Å². The third-order valence-corrected chi connectivity index (χ3v) is 23.8. The van der Waals surface area contributed by atoms with Crippen LogP contribution < -0.4 is 0 Å². The topological polar surface area (TPSA) is 12.9 Å². The first kappa shape index (κ1) is 63.3. The highest BCUT2D eigenvalue weighted by atomic mass is 19.2. The van der Waals surface area contributed by atoms with E-state index < -0.39 is 85.0 Å². The summed E-state index contributed by atoms with van der Waals surface area (Å²) in [4.78, 5) is 5.10. The van der Waals surface area contributed by atoms with E-state index in [0.717, 1.165) is 68.6 Å². The second kappa shape index (κ2) is 24.6. The first-order valence-electron chi connectivity index (χ1n) is 33.1. The molecule has 90 heavy (non-hydrogen) atoms. The molecule has 4 aliphatic carbocycles. The lowest BCUT2D eigenvalue weighted by molar-refractivity contribution is -0.124. The summed E-state index contributed by atoms with van der Waals surface area (Å²) in [6.45, 7) is 13.8. The molecular formula is C81H85F8N. The number of nitrogens with zero attached hydrogens (tertiary/aromatic N) is 1. The van der Waals surface area contributed by atoms with E-state index in [1.807, 2.05) is 98.8 Å². The molecule has 1 heterocycles. The molecule has 0 radical (unpaired) electrons. The van der Waals surface area contributed by atoms with Crippen molar-refractivity contribution in [1.82, 2.24) is 4.98 Å². The van der Waals surface area contributed by atoms with E-state index in [0.29, 0.717) is 60.1 Å². The number of rotatable bonds is 24. The van der Waals surface area contributed by atoms with Gasteiger partial charge in [-0.1, -0.05) is 175 Å². The van der Waals surface area contributed by atoms with Crippen molar-refractivity contribution in [1.29, 1.82) is 0 Å². The maximum atomic E-state index is 21.2. The Morgan fingerprint density at radius 2 is 1.08 bits per heavy atom. The first-order valence-corrected chi connectivity index (χ1v) is 33.1. The van der Waals surface area contributed by atoms with E-state index in [1.54, 1.807) is 50.4 Å². The lowest BCUT2D eigenvalue weighted by Crippen LogP contribution is -2.64. The first-order chi connectivity index (χ1) is 43.2. The Bertz CT molecular complexity index is 3850. The molecule has 0 spiro atoms. The fourth-order valence-corrected chi connectivity index (χ4v) is 19.3. The molecule has 0 saturated heterocycles. The van der Waals surface area contributed by atoms with Crippen LogP contribution in [0.1, 0.15) is 191 Å². The molecule has 12 rings (SSSR count). The number of pyridine rings is 1. The summed E-state index contributed by atoms with van der Waals surface area (Å²) < 4.78 is 137. The third-order valence-electron chi connectivity index (χ3n) is 23.8. The molecule has 4 fully saturated rings. The van der Waals surface area contributed by atoms with Gasteiger partial charge < -0.3 is 0 Å². The molecule has 0 bridgehead atoms. The van der Waals surface area contributed by atoms with E-state index in [2.05, 4.69) is 45.0 Å². The Labute approximate surface area is 528 Å². The van der Waals surface area contributed by atoms with Crippen molar-refractivity contribution in [3.05, 3.63) is 278 Å². The molecule has 1 aromatic heterocycles. The highest BCUT2D eigenvalue weighted by molar-refractivity contribution is 5.54. The molecule has 0 amide bonds. The van der Waals surface area contributed by atoms with E-state index in [9.17, 15) is 0 Å². The van der Waals surface area contributed by atoms with Crippen LogP contribution in [0, 0.1) is 94.9 Å². The summed E-state index contributed by atoms with van der Waals surface area (Å²) in [6.07, 6.45) is 11.1. The van der Waals surface area contributed by atoms with Gasteiger partial charge in [-0.2, -0.15) is 0 Å². The van der Waals surface area contributed by atoms with Gasteiger partial charge in [-0.3, -0.25) is 4.98 Å². The number of aryl methyl sites for hydroxylation is 1. The zero-order valence-corrected chi connectivity index (χ0v) is 53.2. The van der Waals surface area contributed by atoms with Crippen LogP contribution in [0.5, 0.6) is 0 Å². The maximum Gasteiger partial charge on any atom is 0.162 e. The van der Waals surface area contributed by atoms with Crippen molar-refractivity contribution < 1.29 is 35.1 Å². The molecule has 8 aromatic rings. The molecule has 4 saturated carbocycles. The lowest BCUT2D eigenvalue weighted by atomic mass is 9.34. The van der Waals surface area contributed by atoms with Gasteiger partial charge in [0.15, 0.2) is 34.9 Å². The summed E-state index contributed by atoms with van der Waals surface area (Å²) in [6, 6.07) is 49.1. The number of hydrogen-bond donors (Lipinski definition) is 0. The molecule has 6 unspecified atom stereocenters. The monoisotopic (exact) mass is 1220 g/mol. The summed E-state index contributed by atoms with van der Waals surface area (Å²) >= 11 is 0. The largest absolute Gasteiger partial charge is 0.261 e. The van der Waals surface area contributed by atoms with Gasteiger partial charge >= 0.3 is 0 Å². The maximum absolute atomic E-state index is 21.2. The average molecular weight is 1220 g/mol. The van der Waals surface area contributed by atoms with Crippen LogP contribution in [0.15, 0.2) is 170 Å². The molecular weight excluding hydrogens is 1140 g/mol. The Hall–Kier alpha value is -6.87. The minimum atomic E-state index is -1.81. The van der Waals surface area contributed by atoms with E-state index >= 15 is 35.1 Å². The van der Waals surface area contributed by atoms with Gasteiger partial charge in [0.2, 0.25) is 0 Å². The Kier molecular flexibility index (Phi) is 17.3. The highest BCUT2D eigenvalue weighted by Crippen LogP contribution is 2.80. The van der Waals surface area contributed by atoms with Gasteiger partial charge in [0.05, 0.1) is 0 Å². The van der Waals surface area contributed by atoms with Gasteiger partial charge in [0.25, 0.3) is 0 Å². The van der Waals surface area contributed by atoms with E-state index in [1.165, 1.54) is 18.2 Å². The van der Waals surface area contributed by atoms with Crippen molar-refractivity contribution in [2.75, 3.05) is 0 Å². The predicted molar refractivity (Wildman–Crippen MR) is 344 cm³/mol. The number of aromatic nitrogens is 1. The highest BCUT2D eigenvalue weighted by Gasteiger charge is 2.75. The predicted octanol–water partition coefficient (Wildman–Crippen LogP) is 21.9. The fourth-order valence-electron chi connectivity index (χ4n) is 19.3. The lowest BCUT2D eigenvalue weighted by Gasteiger charge is -2.68. The van der Waals surface area contributed by atoms with Crippen LogP contribution in [-0.2, 0) is 34.5 Å². The molecule has 0 aliphatic heterocycles. The quantitative estimate of drug-likeness (QED) is 0.0550. The van der Waals surface area contributed by atoms with Crippen molar-refractivity contribution in [3.8, 4) is 0 Å². The number of halogens is 8. The standard InChI is InChI=1S/C81H85F8N/c1-51(2)71(56-24-10-8-11-25-56)81(80(60-38-39-60,61-40-41-61)47-22-26-55-23-14-15-32-66(55)82,50-78(59-36-37-59,58-27-12-9-13-28-58)49-57-35-43-68(84)72(86)52(57)3)77(7,64-30-21-33-67(83)75(64)89)63-29-20-31-65(74(63)88)79(45-17-18-46-79)76(6,70-34-16-19-48-90-70)54(5)62-42-44-69(85)73(87)53(62)4/h8-16,19-21,23-25,27-35,42-44,48,51,54,59-61,71H,17-18,22,26,36-41,45-47,49-50H2,1-7H3. The van der Waals surface area contributed by atoms with Crippen LogP contribution in [0.25, 0.3) is 0 Å². The molecule has 9 heteroatoms. The number of hydrogen-bond acceptors (Lipinski definition) is 1. The van der Waals surface area contributed by atoms with Crippen molar-refractivity contribution in [2.45, 2.75) is 178 Å². The molecule has 470 valence electrons. The molecule has 6 atom stereocenters. The minimum absolute atomic E-state index is 0.00395. The SMILES string of the molecule is Cc1c(CC(CC(C(c2ccccc2)C(C)C)(C(C)(c2cccc(F)c2F)c2cccc(C3(C(C)(c4ccccn4)C(C)c4ccc(F)c(F)c4C)CCCC3)c2F)C(CCCc2ccccc2F)(C2CC2)C2CC2)(c2ccccc2)C2CC2)ccc(F)c1F. The molecule has 1 nitrogen and oxygen atoms in total. The summed E-state index contributed by atoms with van der Waals surface area (Å²) in [5.41, 5.74) is -1.66. The van der Waals surface area contributed by atoms with Crippen LogP contribution in [0.3, 0.4) is 0 Å². The van der Waals surface area contributed by atoms with Crippen LogP contribution in [-0.4, -0.2) is 4.98 Å². The summed E-state index contributed by atoms with van der Waals surface area (Å²) in [5, 5.41) is 0. The molecule has 0 N–H and O–H groups in total. The van der Waals surface area contributed by atoms with E-state index in [-0.39, 0.29) is 64.6 Å². The van der Waals surface area contributed by atoms with E-state index in [4.69, 9.17) is 4.98 Å². The van der Waals surface area contributed by atoms with Crippen LogP contribution >= 0.6 is 0 Å².